The van der Waals surface area contributed by atoms with Gasteiger partial charge >= 0.3 is 0 Å². The lowest BCUT2D eigenvalue weighted by Gasteiger charge is -2.08. The molecule has 0 aromatic heterocycles. The Morgan fingerprint density at radius 1 is 1.25 bits per heavy atom. The lowest BCUT2D eigenvalue weighted by Crippen LogP contribution is -2.14. The summed E-state index contributed by atoms with van der Waals surface area (Å²) in [6.45, 7) is 0.656. The zero-order valence-corrected chi connectivity index (χ0v) is 10.7. The monoisotopic (exact) mass is 272 g/mol. The van der Waals surface area contributed by atoms with Gasteiger partial charge in [0.05, 0.1) is 12.2 Å². The van der Waals surface area contributed by atoms with Crippen LogP contribution in [0.2, 0.25) is 0 Å². The summed E-state index contributed by atoms with van der Waals surface area (Å²) >= 11 is 0. The molecule has 0 fully saturated rings. The van der Waals surface area contributed by atoms with Crippen molar-refractivity contribution in [3.63, 3.8) is 0 Å². The molecular formula is C15H13FN2O2. The molecule has 3 rings (SSSR count). The lowest BCUT2D eigenvalue weighted by molar-refractivity contribution is 0.102. The average molecular weight is 272 g/mol. The van der Waals surface area contributed by atoms with Gasteiger partial charge in [-0.3, -0.25) is 4.79 Å². The summed E-state index contributed by atoms with van der Waals surface area (Å²) in [5.41, 5.74) is 7.75. The number of carbonyl (C=O) groups excluding carboxylic acids is 1. The number of anilines is 2. The molecule has 0 unspecified atom stereocenters. The second kappa shape index (κ2) is 4.85. The second-order valence-corrected chi connectivity index (χ2v) is 4.61. The average Bonchev–Trinajstić information content (AvgIpc) is 2.89. The van der Waals surface area contributed by atoms with Gasteiger partial charge in [-0.2, -0.15) is 0 Å². The molecule has 0 aliphatic carbocycles. The number of nitrogens with one attached hydrogen (secondary N) is 1. The molecule has 1 aliphatic rings. The van der Waals surface area contributed by atoms with Crippen molar-refractivity contribution in [3.05, 3.63) is 53.3 Å². The van der Waals surface area contributed by atoms with Gasteiger partial charge in [0, 0.05) is 17.8 Å². The quantitative estimate of drug-likeness (QED) is 0.826. The number of amides is 1. The Morgan fingerprint density at radius 3 is 2.95 bits per heavy atom. The Kier molecular flexibility index (Phi) is 3.02. The topological polar surface area (TPSA) is 64.4 Å². The molecule has 4 nitrogen and oxygen atoms in total. The van der Waals surface area contributed by atoms with E-state index >= 15 is 0 Å². The summed E-state index contributed by atoms with van der Waals surface area (Å²) in [7, 11) is 0. The van der Waals surface area contributed by atoms with Crippen LogP contribution < -0.4 is 15.8 Å². The molecule has 2 aromatic carbocycles. The van der Waals surface area contributed by atoms with E-state index < -0.39 is 11.7 Å². The number of rotatable bonds is 2. The molecule has 0 radical (unpaired) electrons. The van der Waals surface area contributed by atoms with Gasteiger partial charge in [0.15, 0.2) is 0 Å². The minimum atomic E-state index is -0.494. The number of halogens is 1. The van der Waals surface area contributed by atoms with Crippen LogP contribution in [-0.2, 0) is 6.42 Å². The van der Waals surface area contributed by atoms with Crippen LogP contribution in [0.15, 0.2) is 36.4 Å². The molecule has 0 atom stereocenters. The van der Waals surface area contributed by atoms with E-state index in [0.717, 1.165) is 23.8 Å². The zero-order chi connectivity index (χ0) is 14.1. The van der Waals surface area contributed by atoms with E-state index in [2.05, 4.69) is 5.32 Å². The van der Waals surface area contributed by atoms with E-state index in [1.54, 1.807) is 6.07 Å². The third-order valence-corrected chi connectivity index (χ3v) is 3.21. The molecular weight excluding hydrogens is 259 g/mol. The summed E-state index contributed by atoms with van der Waals surface area (Å²) in [6, 6.07) is 9.14. The molecule has 0 saturated carbocycles. The van der Waals surface area contributed by atoms with E-state index in [1.807, 2.05) is 12.1 Å². The van der Waals surface area contributed by atoms with Crippen molar-refractivity contribution in [1.82, 2.24) is 0 Å². The second-order valence-electron chi connectivity index (χ2n) is 4.61. The highest BCUT2D eigenvalue weighted by molar-refractivity contribution is 6.07. The van der Waals surface area contributed by atoms with E-state index in [1.165, 1.54) is 12.1 Å². The number of nitrogen functional groups attached to an aromatic ring is 1. The van der Waals surface area contributed by atoms with E-state index in [4.69, 9.17) is 10.5 Å². The Morgan fingerprint density at radius 2 is 2.10 bits per heavy atom. The first-order chi connectivity index (χ1) is 9.63. The molecule has 0 saturated heterocycles. The van der Waals surface area contributed by atoms with Crippen LogP contribution in [-0.4, -0.2) is 12.5 Å². The Balaban J connectivity index is 1.84. The van der Waals surface area contributed by atoms with Crippen molar-refractivity contribution in [3.8, 4) is 5.75 Å². The van der Waals surface area contributed by atoms with Gasteiger partial charge in [-0.05, 0) is 42.0 Å². The van der Waals surface area contributed by atoms with Crippen LogP contribution in [0.1, 0.15) is 15.9 Å². The van der Waals surface area contributed by atoms with Gasteiger partial charge in [-0.25, -0.2) is 4.39 Å². The normalized spacial score (nSPS) is 12.7. The molecule has 0 bridgehead atoms. The molecule has 1 heterocycles. The fourth-order valence-electron chi connectivity index (χ4n) is 2.19. The minimum absolute atomic E-state index is 0.127. The molecule has 1 amide bonds. The smallest absolute Gasteiger partial charge is 0.257 e. The van der Waals surface area contributed by atoms with Gasteiger partial charge in [0.1, 0.15) is 11.6 Å². The highest BCUT2D eigenvalue weighted by Crippen LogP contribution is 2.28. The SMILES string of the molecule is Nc1ccc(F)cc1C(=O)Nc1ccc2c(c1)CCO2. The number of benzene rings is 2. The Hall–Kier alpha value is -2.56. The first kappa shape index (κ1) is 12.5. The molecule has 102 valence electrons. The minimum Gasteiger partial charge on any atom is -0.493 e. The Bertz CT molecular complexity index is 686. The van der Waals surface area contributed by atoms with E-state index in [-0.39, 0.29) is 11.3 Å². The van der Waals surface area contributed by atoms with Crippen LogP contribution in [0.4, 0.5) is 15.8 Å². The highest BCUT2D eigenvalue weighted by atomic mass is 19.1. The summed E-state index contributed by atoms with van der Waals surface area (Å²) < 4.78 is 18.6. The summed E-state index contributed by atoms with van der Waals surface area (Å²) in [4.78, 5) is 12.1. The van der Waals surface area contributed by atoms with Crippen molar-refractivity contribution in [1.29, 1.82) is 0 Å². The number of hydrogen-bond donors (Lipinski definition) is 2. The van der Waals surface area contributed by atoms with Crippen LogP contribution in [0.25, 0.3) is 0 Å². The number of ether oxygens (including phenoxy) is 1. The van der Waals surface area contributed by atoms with Crippen LogP contribution in [0.5, 0.6) is 5.75 Å². The number of nitrogens with two attached hydrogens (primary N) is 1. The maximum atomic E-state index is 13.2. The van der Waals surface area contributed by atoms with Gasteiger partial charge in [-0.15, -0.1) is 0 Å². The van der Waals surface area contributed by atoms with E-state index in [0.29, 0.717) is 12.3 Å². The summed E-state index contributed by atoms with van der Waals surface area (Å²) in [5, 5.41) is 2.71. The van der Waals surface area contributed by atoms with Crippen molar-refractivity contribution in [2.45, 2.75) is 6.42 Å². The fraction of sp³-hybridized carbons (Fsp3) is 0.133. The summed E-state index contributed by atoms with van der Waals surface area (Å²) in [6.07, 6.45) is 0.821. The van der Waals surface area contributed by atoms with Crippen molar-refractivity contribution in [2.75, 3.05) is 17.7 Å². The molecule has 3 N–H and O–H groups in total. The van der Waals surface area contributed by atoms with Gasteiger partial charge in [-0.1, -0.05) is 0 Å². The predicted octanol–water partition coefficient (Wildman–Crippen LogP) is 2.60. The highest BCUT2D eigenvalue weighted by Gasteiger charge is 2.15. The largest absolute Gasteiger partial charge is 0.493 e. The van der Waals surface area contributed by atoms with Gasteiger partial charge in [0.25, 0.3) is 5.91 Å². The number of carbonyl (C=O) groups is 1. The van der Waals surface area contributed by atoms with Gasteiger partial charge in [0.2, 0.25) is 0 Å². The summed E-state index contributed by atoms with van der Waals surface area (Å²) in [5.74, 6) is -0.0826. The third-order valence-electron chi connectivity index (χ3n) is 3.21. The Labute approximate surface area is 115 Å². The molecule has 20 heavy (non-hydrogen) atoms. The number of fused-ring (bicyclic) bond motifs is 1. The molecule has 2 aromatic rings. The van der Waals surface area contributed by atoms with Crippen LogP contribution in [0, 0.1) is 5.82 Å². The van der Waals surface area contributed by atoms with Crippen LogP contribution >= 0.6 is 0 Å². The lowest BCUT2D eigenvalue weighted by atomic mass is 10.1. The van der Waals surface area contributed by atoms with Crippen molar-refractivity contribution < 1.29 is 13.9 Å². The van der Waals surface area contributed by atoms with Gasteiger partial charge < -0.3 is 15.8 Å². The standard InChI is InChI=1S/C15H13FN2O2/c16-10-1-3-13(17)12(8-10)15(19)18-11-2-4-14-9(7-11)5-6-20-14/h1-4,7-8H,5-6,17H2,(H,18,19). The predicted molar refractivity (Wildman–Crippen MR) is 74.4 cm³/mol. The maximum absolute atomic E-state index is 13.2. The third kappa shape index (κ3) is 2.30. The maximum Gasteiger partial charge on any atom is 0.257 e. The van der Waals surface area contributed by atoms with Crippen molar-refractivity contribution in [2.24, 2.45) is 0 Å². The molecule has 1 aliphatic heterocycles. The fourth-order valence-corrected chi connectivity index (χ4v) is 2.19. The van der Waals surface area contributed by atoms with E-state index in [9.17, 15) is 9.18 Å². The number of hydrogen-bond acceptors (Lipinski definition) is 3. The first-order valence-corrected chi connectivity index (χ1v) is 6.25. The molecule has 0 spiro atoms. The first-order valence-electron chi connectivity index (χ1n) is 6.25. The van der Waals surface area contributed by atoms with Crippen LogP contribution in [0.3, 0.4) is 0 Å². The molecule has 5 heteroatoms. The van der Waals surface area contributed by atoms with Crippen molar-refractivity contribution >= 4 is 17.3 Å². The zero-order valence-electron chi connectivity index (χ0n) is 10.7.